The van der Waals surface area contributed by atoms with Crippen LogP contribution in [0.25, 0.3) is 0 Å². The largest absolute Gasteiger partial charge is 0.380 e. The van der Waals surface area contributed by atoms with Crippen LogP contribution in [0.3, 0.4) is 0 Å². The molecule has 2 aliphatic rings. The van der Waals surface area contributed by atoms with Crippen LogP contribution in [-0.4, -0.2) is 42.9 Å². The van der Waals surface area contributed by atoms with Crippen molar-refractivity contribution < 1.29 is 9.13 Å². The van der Waals surface area contributed by atoms with Crippen molar-refractivity contribution >= 4 is 0 Å². The molecule has 0 saturated carbocycles. The minimum atomic E-state index is -0.624. The highest BCUT2D eigenvalue weighted by Gasteiger charge is 2.48. The first-order valence-electron chi connectivity index (χ1n) is 7.24. The van der Waals surface area contributed by atoms with Crippen LogP contribution in [0.2, 0.25) is 0 Å². The summed E-state index contributed by atoms with van der Waals surface area (Å²) in [6.07, 6.45) is 2.39. The van der Waals surface area contributed by atoms with Gasteiger partial charge in [-0.15, -0.1) is 0 Å². The number of nitrogens with zero attached hydrogens (tertiary/aromatic N) is 1. The fourth-order valence-corrected chi connectivity index (χ4v) is 2.74. The molecule has 0 aromatic rings. The van der Waals surface area contributed by atoms with Crippen molar-refractivity contribution in [3.63, 3.8) is 0 Å². The molecule has 104 valence electrons. The zero-order valence-corrected chi connectivity index (χ0v) is 12.3. The number of rotatable bonds is 3. The maximum atomic E-state index is 13.2. The van der Waals surface area contributed by atoms with E-state index >= 15 is 0 Å². The summed E-state index contributed by atoms with van der Waals surface area (Å²) in [6.45, 7) is 13.2. The molecule has 0 aliphatic carbocycles. The summed E-state index contributed by atoms with van der Waals surface area (Å²) in [5, 5.41) is 0. The zero-order chi connectivity index (χ0) is 13.3. The first kappa shape index (κ1) is 16.9. The van der Waals surface area contributed by atoms with Gasteiger partial charge in [-0.25, -0.2) is 4.39 Å². The van der Waals surface area contributed by atoms with Crippen LogP contribution in [0, 0.1) is 0 Å². The third kappa shape index (κ3) is 4.22. The normalized spacial score (nSPS) is 31.1. The average molecular weight is 247 g/mol. The number of ether oxygens (including phenoxy) is 1. The predicted octanol–water partition coefficient (Wildman–Crippen LogP) is 3.65. The highest BCUT2D eigenvalue weighted by atomic mass is 19.1. The number of alkyl halides is 1. The Morgan fingerprint density at radius 2 is 1.94 bits per heavy atom. The Kier molecular flexibility index (Phi) is 8.79. The molecule has 0 spiro atoms. The van der Waals surface area contributed by atoms with Gasteiger partial charge in [-0.2, -0.15) is 0 Å². The summed E-state index contributed by atoms with van der Waals surface area (Å²) in [4.78, 5) is 2.29. The lowest BCUT2D eigenvalue weighted by Crippen LogP contribution is -2.42. The summed E-state index contributed by atoms with van der Waals surface area (Å²) in [5.41, 5.74) is 0.0649. The van der Waals surface area contributed by atoms with Crippen molar-refractivity contribution in [1.29, 1.82) is 0 Å². The zero-order valence-electron chi connectivity index (χ0n) is 12.3. The van der Waals surface area contributed by atoms with Crippen molar-refractivity contribution in [2.24, 2.45) is 0 Å². The van der Waals surface area contributed by atoms with Gasteiger partial charge in [0.2, 0.25) is 0 Å². The molecule has 2 heterocycles. The summed E-state index contributed by atoms with van der Waals surface area (Å²) < 4.78 is 18.7. The highest BCUT2D eigenvalue weighted by Crippen LogP contribution is 2.40. The molecule has 2 nitrogen and oxygen atoms in total. The van der Waals surface area contributed by atoms with Gasteiger partial charge in [0.25, 0.3) is 0 Å². The lowest BCUT2D eigenvalue weighted by Gasteiger charge is -2.30. The van der Waals surface area contributed by atoms with Crippen LogP contribution in [0.4, 0.5) is 4.39 Å². The van der Waals surface area contributed by atoms with Crippen molar-refractivity contribution in [3.05, 3.63) is 0 Å². The molecule has 0 bridgehead atoms. The topological polar surface area (TPSA) is 12.5 Å². The molecular weight excluding hydrogens is 217 g/mol. The Morgan fingerprint density at radius 1 is 1.29 bits per heavy atom. The van der Waals surface area contributed by atoms with Crippen molar-refractivity contribution in [3.8, 4) is 0 Å². The van der Waals surface area contributed by atoms with E-state index in [1.807, 2.05) is 34.6 Å². The van der Waals surface area contributed by atoms with Gasteiger partial charge in [-0.3, -0.25) is 4.90 Å². The van der Waals surface area contributed by atoms with Gasteiger partial charge in [0, 0.05) is 25.1 Å². The van der Waals surface area contributed by atoms with Gasteiger partial charge >= 0.3 is 0 Å². The molecule has 2 atom stereocenters. The van der Waals surface area contributed by atoms with Crippen molar-refractivity contribution in [2.75, 3.05) is 26.3 Å². The first-order chi connectivity index (χ1) is 8.27. The van der Waals surface area contributed by atoms with E-state index < -0.39 is 6.17 Å². The molecule has 2 fully saturated rings. The van der Waals surface area contributed by atoms with E-state index in [1.54, 1.807) is 0 Å². The molecule has 0 aromatic heterocycles. The third-order valence-electron chi connectivity index (χ3n) is 3.34. The monoisotopic (exact) mass is 247 g/mol. The SMILES string of the molecule is CC.CC.CCOCC12CCCN1CC(F)C2. The molecule has 0 aromatic carbocycles. The van der Waals surface area contributed by atoms with Gasteiger partial charge in [-0.1, -0.05) is 27.7 Å². The molecule has 2 aliphatic heterocycles. The number of hydrogen-bond donors (Lipinski definition) is 0. The second kappa shape index (κ2) is 8.87. The Hall–Kier alpha value is -0.150. The fourth-order valence-electron chi connectivity index (χ4n) is 2.74. The van der Waals surface area contributed by atoms with Crippen LogP contribution in [0.15, 0.2) is 0 Å². The standard InChI is InChI=1S/C10H18FNO.2C2H6/c1-2-13-8-10-4-3-5-12(10)7-9(11)6-10;2*1-2/h9H,2-8H2,1H3;2*1-2H3. The van der Waals surface area contributed by atoms with Crippen LogP contribution >= 0.6 is 0 Å². The maximum absolute atomic E-state index is 13.2. The first-order valence-corrected chi connectivity index (χ1v) is 7.24. The van der Waals surface area contributed by atoms with E-state index in [0.29, 0.717) is 13.0 Å². The number of hydrogen-bond acceptors (Lipinski definition) is 2. The van der Waals surface area contributed by atoms with Crippen molar-refractivity contribution in [2.45, 2.75) is 65.6 Å². The fraction of sp³-hybridized carbons (Fsp3) is 1.00. The summed E-state index contributed by atoms with van der Waals surface area (Å²) >= 11 is 0. The second-order valence-electron chi connectivity index (χ2n) is 4.21. The Labute approximate surface area is 107 Å². The molecule has 2 rings (SSSR count). The molecule has 3 heteroatoms. The van der Waals surface area contributed by atoms with Gasteiger partial charge < -0.3 is 4.74 Å². The van der Waals surface area contributed by atoms with Crippen molar-refractivity contribution in [1.82, 2.24) is 4.90 Å². The summed E-state index contributed by atoms with van der Waals surface area (Å²) in [5.74, 6) is 0. The van der Waals surface area contributed by atoms with Crippen LogP contribution in [-0.2, 0) is 4.74 Å². The smallest absolute Gasteiger partial charge is 0.115 e. The Bertz CT molecular complexity index is 189. The quantitative estimate of drug-likeness (QED) is 0.755. The lowest BCUT2D eigenvalue weighted by molar-refractivity contribution is 0.0413. The van der Waals surface area contributed by atoms with Gasteiger partial charge in [-0.05, 0) is 26.3 Å². The van der Waals surface area contributed by atoms with E-state index in [1.165, 1.54) is 6.42 Å². The molecule has 0 amide bonds. The van der Waals surface area contributed by atoms with E-state index in [9.17, 15) is 4.39 Å². The molecule has 2 saturated heterocycles. The molecule has 17 heavy (non-hydrogen) atoms. The number of halogens is 1. The van der Waals surface area contributed by atoms with E-state index in [4.69, 9.17) is 4.74 Å². The lowest BCUT2D eigenvalue weighted by atomic mass is 9.95. The third-order valence-corrected chi connectivity index (χ3v) is 3.34. The van der Waals surface area contributed by atoms with Gasteiger partial charge in [0.1, 0.15) is 6.17 Å². The van der Waals surface area contributed by atoms with Gasteiger partial charge in [0.15, 0.2) is 0 Å². The number of fused-ring (bicyclic) bond motifs is 1. The molecule has 0 radical (unpaired) electrons. The van der Waals surface area contributed by atoms with Crippen LogP contribution in [0.5, 0.6) is 0 Å². The van der Waals surface area contributed by atoms with Crippen LogP contribution in [0.1, 0.15) is 53.9 Å². The Morgan fingerprint density at radius 3 is 2.53 bits per heavy atom. The average Bonchev–Trinajstić information content (AvgIpc) is 2.87. The highest BCUT2D eigenvalue weighted by molar-refractivity contribution is 5.03. The second-order valence-corrected chi connectivity index (χ2v) is 4.21. The van der Waals surface area contributed by atoms with E-state index in [-0.39, 0.29) is 5.54 Å². The Balaban J connectivity index is 0.000000581. The van der Waals surface area contributed by atoms with Gasteiger partial charge in [0.05, 0.1) is 6.61 Å². The molecular formula is C14H30FNO. The van der Waals surface area contributed by atoms with E-state index in [0.717, 1.165) is 26.2 Å². The minimum Gasteiger partial charge on any atom is -0.380 e. The molecule has 2 unspecified atom stereocenters. The van der Waals surface area contributed by atoms with E-state index in [2.05, 4.69) is 4.90 Å². The molecule has 0 N–H and O–H groups in total. The maximum Gasteiger partial charge on any atom is 0.115 e. The summed E-state index contributed by atoms with van der Waals surface area (Å²) in [6, 6.07) is 0. The summed E-state index contributed by atoms with van der Waals surface area (Å²) in [7, 11) is 0. The predicted molar refractivity (Wildman–Crippen MR) is 72.2 cm³/mol. The minimum absolute atomic E-state index is 0.0649. The van der Waals surface area contributed by atoms with Crippen LogP contribution < -0.4 is 0 Å².